The number of benzene rings is 1. The minimum absolute atomic E-state index is 0.233. The molecule has 2 unspecified atom stereocenters. The summed E-state index contributed by atoms with van der Waals surface area (Å²) in [5, 5.41) is 4.35. The lowest BCUT2D eigenvalue weighted by Crippen LogP contribution is -2.36. The summed E-state index contributed by atoms with van der Waals surface area (Å²) in [6.07, 6.45) is 1.09. The van der Waals surface area contributed by atoms with Gasteiger partial charge in [0.05, 0.1) is 5.02 Å². The van der Waals surface area contributed by atoms with Gasteiger partial charge in [0.25, 0.3) is 0 Å². The van der Waals surface area contributed by atoms with Crippen LogP contribution in [0.4, 0.5) is 4.39 Å². The highest BCUT2D eigenvalue weighted by molar-refractivity contribution is 7.99. The fourth-order valence-electron chi connectivity index (χ4n) is 2.58. The third-order valence-corrected chi connectivity index (χ3v) is 5.52. The predicted octanol–water partition coefficient (Wildman–Crippen LogP) is 4.79. The van der Waals surface area contributed by atoms with Crippen molar-refractivity contribution in [3.05, 3.63) is 34.1 Å². The molecule has 1 aliphatic heterocycles. The van der Waals surface area contributed by atoms with Gasteiger partial charge in [0.1, 0.15) is 5.82 Å². The molecule has 1 aromatic rings. The van der Waals surface area contributed by atoms with Gasteiger partial charge in [0.15, 0.2) is 0 Å². The second kappa shape index (κ2) is 6.47. The predicted molar refractivity (Wildman–Crippen MR) is 82.4 cm³/mol. The first kappa shape index (κ1) is 15.1. The molecule has 0 saturated heterocycles. The molecule has 0 bridgehead atoms. The molecule has 1 nitrogen and oxygen atoms in total. The van der Waals surface area contributed by atoms with Gasteiger partial charge < -0.3 is 5.32 Å². The normalized spacial score (nSPS) is 22.6. The highest BCUT2D eigenvalue weighted by Gasteiger charge is 2.32. The maximum atomic E-state index is 13.6. The molecule has 1 N–H and O–H groups in total. The summed E-state index contributed by atoms with van der Waals surface area (Å²) in [7, 11) is 0. The molecule has 0 aromatic heterocycles. The first-order valence-corrected chi connectivity index (χ1v) is 8.30. The molecule has 0 radical (unpaired) electrons. The Bertz CT molecular complexity index is 450. The van der Waals surface area contributed by atoms with Crippen molar-refractivity contribution in [2.75, 3.05) is 6.54 Å². The Labute approximate surface area is 124 Å². The molecule has 0 aliphatic carbocycles. The Kier molecular flexibility index (Phi) is 5.15. The lowest BCUT2D eigenvalue weighted by Gasteiger charge is -2.36. The molecule has 0 saturated carbocycles. The van der Waals surface area contributed by atoms with E-state index >= 15 is 0 Å². The third kappa shape index (κ3) is 3.26. The van der Waals surface area contributed by atoms with Crippen molar-refractivity contribution >= 4 is 23.4 Å². The zero-order valence-corrected chi connectivity index (χ0v) is 13.2. The molecule has 0 amide bonds. The summed E-state index contributed by atoms with van der Waals surface area (Å²) in [4.78, 5) is 0. The number of fused-ring (bicyclic) bond motifs is 1. The van der Waals surface area contributed by atoms with Gasteiger partial charge in [-0.3, -0.25) is 0 Å². The molecule has 2 rings (SSSR count). The number of nitrogens with one attached hydrogen (secondary N) is 1. The highest BCUT2D eigenvalue weighted by atomic mass is 35.5. The van der Waals surface area contributed by atoms with Gasteiger partial charge in [-0.25, -0.2) is 4.39 Å². The zero-order chi connectivity index (χ0) is 14.0. The van der Waals surface area contributed by atoms with Crippen LogP contribution in [0.3, 0.4) is 0 Å². The van der Waals surface area contributed by atoms with Crippen molar-refractivity contribution < 1.29 is 4.39 Å². The van der Waals surface area contributed by atoms with E-state index < -0.39 is 0 Å². The van der Waals surface area contributed by atoms with Crippen LogP contribution in [0.5, 0.6) is 0 Å². The second-order valence-corrected chi connectivity index (χ2v) is 6.99. The lowest BCUT2D eigenvalue weighted by atomic mass is 9.92. The molecule has 0 spiro atoms. The van der Waals surface area contributed by atoms with E-state index in [0.29, 0.717) is 11.2 Å². The standard InChI is InChI=1S/C15H21ClFNS/c1-4-5-18-14-11-7-12(16)13(17)6-10(11)8-19-15(14)9(2)3/h6-7,9,14-15,18H,4-5,8H2,1-3H3. The molecule has 2 atom stereocenters. The van der Waals surface area contributed by atoms with Crippen molar-refractivity contribution in [1.82, 2.24) is 5.32 Å². The molecule has 0 fully saturated rings. The number of hydrogen-bond donors (Lipinski definition) is 1. The summed E-state index contributed by atoms with van der Waals surface area (Å²) >= 11 is 7.88. The average Bonchev–Trinajstić information content (AvgIpc) is 2.37. The maximum Gasteiger partial charge on any atom is 0.142 e. The first-order chi connectivity index (χ1) is 9.04. The van der Waals surface area contributed by atoms with Crippen LogP contribution >= 0.6 is 23.4 Å². The van der Waals surface area contributed by atoms with Crippen molar-refractivity contribution in [2.45, 2.75) is 44.2 Å². The van der Waals surface area contributed by atoms with Gasteiger partial charge in [-0.05, 0) is 42.1 Å². The quantitative estimate of drug-likeness (QED) is 0.858. The molecule has 1 heterocycles. The van der Waals surface area contributed by atoms with E-state index in [9.17, 15) is 4.39 Å². The zero-order valence-electron chi connectivity index (χ0n) is 11.7. The van der Waals surface area contributed by atoms with E-state index in [1.807, 2.05) is 17.8 Å². The largest absolute Gasteiger partial charge is 0.309 e. The summed E-state index contributed by atoms with van der Waals surface area (Å²) in [5.41, 5.74) is 2.26. The van der Waals surface area contributed by atoms with E-state index in [2.05, 4.69) is 26.1 Å². The summed E-state index contributed by atoms with van der Waals surface area (Å²) in [6, 6.07) is 3.68. The third-order valence-electron chi connectivity index (χ3n) is 3.55. The summed E-state index contributed by atoms with van der Waals surface area (Å²) in [5.74, 6) is 1.14. The van der Waals surface area contributed by atoms with Gasteiger partial charge in [-0.2, -0.15) is 11.8 Å². The van der Waals surface area contributed by atoms with Crippen LogP contribution in [0.1, 0.15) is 44.4 Å². The van der Waals surface area contributed by atoms with Crippen molar-refractivity contribution in [2.24, 2.45) is 5.92 Å². The van der Waals surface area contributed by atoms with Crippen LogP contribution in [0.25, 0.3) is 0 Å². The Balaban J connectivity index is 2.36. The van der Waals surface area contributed by atoms with Crippen LogP contribution < -0.4 is 5.32 Å². The SMILES string of the molecule is CCCNC1c2cc(Cl)c(F)cc2CSC1C(C)C. The molecular formula is C15H21ClFNS. The Morgan fingerprint density at radius 1 is 1.47 bits per heavy atom. The van der Waals surface area contributed by atoms with Crippen molar-refractivity contribution in [1.29, 1.82) is 0 Å². The van der Waals surface area contributed by atoms with E-state index in [1.54, 1.807) is 6.07 Å². The fraction of sp³-hybridized carbons (Fsp3) is 0.600. The van der Waals surface area contributed by atoms with Crippen LogP contribution in [-0.2, 0) is 5.75 Å². The average molecular weight is 302 g/mol. The van der Waals surface area contributed by atoms with Crippen LogP contribution in [0, 0.1) is 11.7 Å². The van der Waals surface area contributed by atoms with Gasteiger partial charge in [0.2, 0.25) is 0 Å². The minimum Gasteiger partial charge on any atom is -0.309 e. The van der Waals surface area contributed by atoms with Gasteiger partial charge in [0, 0.05) is 17.0 Å². The topological polar surface area (TPSA) is 12.0 Å². The molecule has 4 heteroatoms. The van der Waals surface area contributed by atoms with Crippen LogP contribution in [-0.4, -0.2) is 11.8 Å². The number of thioether (sulfide) groups is 1. The summed E-state index contributed by atoms with van der Waals surface area (Å²) < 4.78 is 13.6. The van der Waals surface area contributed by atoms with E-state index in [-0.39, 0.29) is 16.9 Å². The number of halogens is 2. The van der Waals surface area contributed by atoms with Crippen LogP contribution in [0.2, 0.25) is 5.02 Å². The number of rotatable bonds is 4. The van der Waals surface area contributed by atoms with E-state index in [4.69, 9.17) is 11.6 Å². The molecule has 1 aromatic carbocycles. The summed E-state index contributed by atoms with van der Waals surface area (Å²) in [6.45, 7) is 7.62. The Morgan fingerprint density at radius 2 is 2.21 bits per heavy atom. The molecule has 106 valence electrons. The first-order valence-electron chi connectivity index (χ1n) is 6.87. The Hall–Kier alpha value is -0.250. The van der Waals surface area contributed by atoms with E-state index in [0.717, 1.165) is 24.3 Å². The maximum absolute atomic E-state index is 13.6. The van der Waals surface area contributed by atoms with Crippen molar-refractivity contribution in [3.63, 3.8) is 0 Å². The van der Waals surface area contributed by atoms with Crippen LogP contribution in [0.15, 0.2) is 12.1 Å². The minimum atomic E-state index is -0.307. The van der Waals surface area contributed by atoms with Gasteiger partial charge in [-0.15, -0.1) is 0 Å². The number of hydrogen-bond acceptors (Lipinski definition) is 2. The lowest BCUT2D eigenvalue weighted by molar-refractivity contribution is 0.437. The molecule has 19 heavy (non-hydrogen) atoms. The second-order valence-electron chi connectivity index (χ2n) is 5.42. The van der Waals surface area contributed by atoms with Gasteiger partial charge >= 0.3 is 0 Å². The monoisotopic (exact) mass is 301 g/mol. The van der Waals surface area contributed by atoms with Gasteiger partial charge in [-0.1, -0.05) is 32.4 Å². The molecule has 1 aliphatic rings. The Morgan fingerprint density at radius 3 is 2.84 bits per heavy atom. The van der Waals surface area contributed by atoms with Crippen molar-refractivity contribution in [3.8, 4) is 0 Å². The van der Waals surface area contributed by atoms with E-state index in [1.165, 1.54) is 5.56 Å². The smallest absolute Gasteiger partial charge is 0.142 e. The fourth-order valence-corrected chi connectivity index (χ4v) is 4.19. The highest BCUT2D eigenvalue weighted by Crippen LogP contribution is 2.42. The molecular weight excluding hydrogens is 281 g/mol.